The Morgan fingerprint density at radius 2 is 1.02 bits per heavy atom. The third kappa shape index (κ3) is 6.83. The van der Waals surface area contributed by atoms with E-state index in [4.69, 9.17) is 4.74 Å². The minimum absolute atomic E-state index is 0.0342. The second kappa shape index (κ2) is 13.2. The molecule has 0 aromatic heterocycles. The van der Waals surface area contributed by atoms with Gasteiger partial charge in [0.25, 0.3) is 0 Å². The van der Waals surface area contributed by atoms with Crippen LogP contribution in [0, 0.1) is 40.7 Å². The zero-order valence-electron chi connectivity index (χ0n) is 23.9. The molecule has 0 bridgehead atoms. The van der Waals surface area contributed by atoms with Crippen LogP contribution in [0.1, 0.15) is 25.3 Å². The molecule has 238 valence electrons. The quantitative estimate of drug-likeness (QED) is 0.0854. The Hall–Kier alpha value is -4.93. The van der Waals surface area contributed by atoms with E-state index in [9.17, 15) is 30.7 Å². The molecule has 0 spiro atoms. The lowest BCUT2D eigenvalue weighted by molar-refractivity contribution is -0.189. The molecule has 0 N–H and O–H groups in total. The number of halogens is 9. The fourth-order valence-corrected chi connectivity index (χ4v) is 4.72. The van der Waals surface area contributed by atoms with Crippen molar-refractivity contribution in [3.63, 3.8) is 0 Å². The van der Waals surface area contributed by atoms with Crippen molar-refractivity contribution in [2.75, 3.05) is 6.61 Å². The van der Waals surface area contributed by atoms with Crippen molar-refractivity contribution in [1.82, 2.24) is 0 Å². The topological polar surface area (TPSA) is 18.5 Å². The molecule has 0 amide bonds. The zero-order chi connectivity index (χ0) is 33.2. The molecule has 5 aromatic carbocycles. The van der Waals surface area contributed by atoms with Crippen LogP contribution in [-0.2, 0) is 6.11 Å². The van der Waals surface area contributed by atoms with E-state index >= 15 is 8.78 Å². The summed E-state index contributed by atoms with van der Waals surface area (Å²) in [5, 5.41) is 0. The monoisotopic (exact) mass is 646 g/mol. The summed E-state index contributed by atoms with van der Waals surface area (Å²) in [6.07, 6.45) is -2.90. The van der Waals surface area contributed by atoms with Crippen molar-refractivity contribution >= 4 is 0 Å². The maximum absolute atomic E-state index is 15.2. The minimum atomic E-state index is -4.81. The van der Waals surface area contributed by atoms with E-state index < -0.39 is 69.3 Å². The van der Waals surface area contributed by atoms with E-state index in [-0.39, 0.29) is 23.3 Å². The van der Waals surface area contributed by atoms with Gasteiger partial charge in [-0.05, 0) is 65.1 Å². The fraction of sp³-hybridized carbons (Fsp3) is 0.143. The molecular formula is C35H23F9O2. The van der Waals surface area contributed by atoms with Crippen LogP contribution in [0.3, 0.4) is 0 Å². The van der Waals surface area contributed by atoms with Crippen molar-refractivity contribution in [3.8, 4) is 44.9 Å². The van der Waals surface area contributed by atoms with Crippen molar-refractivity contribution in [2.45, 2.75) is 25.9 Å². The minimum Gasteiger partial charge on any atom is -0.494 e. The molecule has 0 aliphatic heterocycles. The normalized spacial score (nSPS) is 11.5. The molecule has 0 aliphatic carbocycles. The van der Waals surface area contributed by atoms with Gasteiger partial charge in [0.1, 0.15) is 40.3 Å². The lowest BCUT2D eigenvalue weighted by Crippen LogP contribution is -2.25. The van der Waals surface area contributed by atoms with Crippen LogP contribution in [0.4, 0.5) is 39.5 Å². The van der Waals surface area contributed by atoms with Crippen LogP contribution in [-0.4, -0.2) is 6.61 Å². The van der Waals surface area contributed by atoms with Crippen molar-refractivity contribution < 1.29 is 49.0 Å². The van der Waals surface area contributed by atoms with Crippen LogP contribution in [0.5, 0.6) is 11.5 Å². The summed E-state index contributed by atoms with van der Waals surface area (Å²) in [5.74, 6) is -11.7. The van der Waals surface area contributed by atoms with Gasteiger partial charge in [-0.2, -0.15) is 8.78 Å². The third-order valence-corrected chi connectivity index (χ3v) is 7.05. The molecule has 0 aliphatic rings. The van der Waals surface area contributed by atoms with E-state index in [2.05, 4.69) is 11.7 Å². The van der Waals surface area contributed by atoms with Crippen molar-refractivity contribution in [2.24, 2.45) is 0 Å². The first-order valence-electron chi connectivity index (χ1n) is 13.9. The van der Waals surface area contributed by atoms with Crippen LogP contribution >= 0.6 is 0 Å². The molecule has 0 saturated carbocycles. The first kappa shape index (κ1) is 32.5. The van der Waals surface area contributed by atoms with Gasteiger partial charge in [-0.1, -0.05) is 49.7 Å². The third-order valence-electron chi connectivity index (χ3n) is 7.05. The lowest BCUT2D eigenvalue weighted by atomic mass is 9.96. The summed E-state index contributed by atoms with van der Waals surface area (Å²) in [5.41, 5.74) is -1.39. The summed E-state index contributed by atoms with van der Waals surface area (Å²) in [6.45, 7) is 2.63. The number of ether oxygens (including phenoxy) is 2. The Balaban J connectivity index is 1.37. The first-order chi connectivity index (χ1) is 21.9. The average molecular weight is 647 g/mol. The smallest absolute Gasteiger partial charge is 0.432 e. The summed E-state index contributed by atoms with van der Waals surface area (Å²) in [4.78, 5) is 0. The Bertz CT molecular complexity index is 1840. The van der Waals surface area contributed by atoms with Gasteiger partial charge in [0.05, 0.1) is 6.61 Å². The van der Waals surface area contributed by atoms with Crippen LogP contribution in [0.25, 0.3) is 33.4 Å². The number of hydrogen-bond donors (Lipinski definition) is 0. The second-order valence-corrected chi connectivity index (χ2v) is 10.3. The van der Waals surface area contributed by atoms with E-state index in [1.165, 1.54) is 18.2 Å². The predicted molar refractivity (Wildman–Crippen MR) is 154 cm³/mol. The molecule has 11 heteroatoms. The van der Waals surface area contributed by atoms with Gasteiger partial charge in [0.2, 0.25) is 0 Å². The van der Waals surface area contributed by atoms with E-state index in [1.807, 2.05) is 0 Å². The first-order valence-corrected chi connectivity index (χ1v) is 13.9. The zero-order valence-corrected chi connectivity index (χ0v) is 23.9. The predicted octanol–water partition coefficient (Wildman–Crippen LogP) is 11.0. The molecule has 0 atom stereocenters. The number of benzene rings is 5. The van der Waals surface area contributed by atoms with Gasteiger partial charge in [0.15, 0.2) is 17.5 Å². The van der Waals surface area contributed by atoms with Crippen LogP contribution in [0.2, 0.25) is 0 Å². The Morgan fingerprint density at radius 1 is 0.522 bits per heavy atom. The van der Waals surface area contributed by atoms with E-state index in [0.29, 0.717) is 30.1 Å². The number of hydrogen-bond acceptors (Lipinski definition) is 2. The van der Waals surface area contributed by atoms with Gasteiger partial charge in [-0.15, -0.1) is 0 Å². The van der Waals surface area contributed by atoms with Gasteiger partial charge in [0, 0.05) is 23.3 Å². The summed E-state index contributed by atoms with van der Waals surface area (Å²) in [6, 6.07) is 15.7. The molecule has 5 rings (SSSR count). The molecule has 2 nitrogen and oxygen atoms in total. The lowest BCUT2D eigenvalue weighted by Gasteiger charge is -2.20. The molecule has 0 fully saturated rings. The van der Waals surface area contributed by atoms with Crippen molar-refractivity contribution in [3.05, 3.63) is 131 Å². The average Bonchev–Trinajstić information content (AvgIpc) is 2.99. The summed E-state index contributed by atoms with van der Waals surface area (Å²) in [7, 11) is 0. The Morgan fingerprint density at radius 3 is 1.59 bits per heavy atom. The van der Waals surface area contributed by atoms with Gasteiger partial charge in [-0.25, -0.2) is 30.7 Å². The molecule has 0 unspecified atom stereocenters. The molecule has 0 saturated heterocycles. The van der Waals surface area contributed by atoms with Crippen LogP contribution < -0.4 is 9.47 Å². The highest BCUT2D eigenvalue weighted by atomic mass is 19.3. The largest absolute Gasteiger partial charge is 0.494 e. The molecule has 5 aromatic rings. The van der Waals surface area contributed by atoms with Crippen molar-refractivity contribution in [1.29, 1.82) is 0 Å². The molecular weight excluding hydrogens is 623 g/mol. The van der Waals surface area contributed by atoms with Crippen LogP contribution in [0.15, 0.2) is 84.9 Å². The summed E-state index contributed by atoms with van der Waals surface area (Å²) < 4.78 is 139. The standard InChI is InChI=1S/C35H23F9O2/c1-2-3-12-45-23-8-4-19(5-9-23)20-6-10-25(27(36)13-20)21-7-11-26(28(37)14-21)22-15-29(38)33(30(39)16-22)35(43,44)46-24-17-31(40)34(42)32(41)18-24/h4-11,13-18H,2-3,12H2,1H3. The maximum atomic E-state index is 15.2. The SMILES string of the molecule is CCCCOc1ccc(-c2ccc(-c3ccc(-c4cc(F)c(C(F)(F)Oc5cc(F)c(F)c(F)c5)c(F)c4)c(F)c3)c(F)c2)cc1. The number of alkyl halides is 2. The summed E-state index contributed by atoms with van der Waals surface area (Å²) >= 11 is 0. The highest BCUT2D eigenvalue weighted by molar-refractivity contribution is 5.74. The fourth-order valence-electron chi connectivity index (χ4n) is 4.72. The molecule has 46 heavy (non-hydrogen) atoms. The number of rotatable bonds is 10. The van der Waals surface area contributed by atoms with Gasteiger partial charge < -0.3 is 9.47 Å². The maximum Gasteiger partial charge on any atom is 0.432 e. The Kier molecular flexibility index (Phi) is 9.32. The number of unbranched alkanes of at least 4 members (excludes halogenated alkanes) is 1. The molecule has 0 radical (unpaired) electrons. The Labute approximate surface area is 257 Å². The van der Waals surface area contributed by atoms with E-state index in [0.717, 1.165) is 30.5 Å². The second-order valence-electron chi connectivity index (χ2n) is 10.3. The highest BCUT2D eigenvalue weighted by Gasteiger charge is 2.41. The molecule has 0 heterocycles. The van der Waals surface area contributed by atoms with E-state index in [1.54, 1.807) is 30.3 Å². The highest BCUT2D eigenvalue weighted by Crippen LogP contribution is 2.39. The van der Waals surface area contributed by atoms with Gasteiger partial charge in [-0.3, -0.25) is 0 Å². The van der Waals surface area contributed by atoms with Gasteiger partial charge >= 0.3 is 6.11 Å².